The van der Waals surface area contributed by atoms with Crippen LogP contribution in [0, 0.1) is 5.92 Å². The van der Waals surface area contributed by atoms with Gasteiger partial charge in [0.25, 0.3) is 0 Å². The summed E-state index contributed by atoms with van der Waals surface area (Å²) in [6.45, 7) is 0. The van der Waals surface area contributed by atoms with Crippen molar-refractivity contribution in [3.05, 3.63) is 0 Å². The highest BCUT2D eigenvalue weighted by molar-refractivity contribution is 8.13. The van der Waals surface area contributed by atoms with Crippen molar-refractivity contribution in [1.82, 2.24) is 0 Å². The number of alkyl halides is 2. The number of rotatable bonds is 2. The molecule has 0 heterocycles. The molecule has 0 spiro atoms. The minimum Gasteiger partial charge on any atom is -0.212 e. The fraction of sp³-hybridized carbons (Fsp3) is 1.00. The van der Waals surface area contributed by atoms with Gasteiger partial charge in [0.2, 0.25) is 15.0 Å². The van der Waals surface area contributed by atoms with Gasteiger partial charge in [-0.1, -0.05) is 0 Å². The van der Waals surface area contributed by atoms with Gasteiger partial charge in [-0.05, 0) is 18.8 Å². The molecular formula is C7H11ClF2O2S. The first-order chi connectivity index (χ1) is 5.79. The summed E-state index contributed by atoms with van der Waals surface area (Å²) in [6, 6.07) is 0. The topological polar surface area (TPSA) is 34.1 Å². The van der Waals surface area contributed by atoms with E-state index in [-0.39, 0.29) is 18.6 Å². The molecule has 1 unspecified atom stereocenters. The Morgan fingerprint density at radius 3 is 2.54 bits per heavy atom. The van der Waals surface area contributed by atoms with E-state index in [1.54, 1.807) is 0 Å². The minimum atomic E-state index is -3.64. The normalized spacial score (nSPS) is 28.7. The average Bonchev–Trinajstić information content (AvgIpc) is 1.79. The van der Waals surface area contributed by atoms with Gasteiger partial charge in [-0.25, -0.2) is 17.2 Å². The molecule has 0 N–H and O–H groups in total. The Hall–Kier alpha value is 0.1000. The minimum absolute atomic E-state index is 0.133. The zero-order chi connectivity index (χ0) is 10.1. The van der Waals surface area contributed by atoms with Crippen LogP contribution in [0.5, 0.6) is 0 Å². The summed E-state index contributed by atoms with van der Waals surface area (Å²) >= 11 is 0. The second-order valence-corrected chi connectivity index (χ2v) is 6.35. The van der Waals surface area contributed by atoms with Crippen molar-refractivity contribution in [2.24, 2.45) is 5.92 Å². The van der Waals surface area contributed by atoms with Gasteiger partial charge in [0, 0.05) is 23.5 Å². The quantitative estimate of drug-likeness (QED) is 0.685. The van der Waals surface area contributed by atoms with E-state index in [9.17, 15) is 17.2 Å². The molecule has 6 heteroatoms. The van der Waals surface area contributed by atoms with Crippen LogP contribution in [0.15, 0.2) is 0 Å². The summed E-state index contributed by atoms with van der Waals surface area (Å²) in [7, 11) is 1.35. The van der Waals surface area contributed by atoms with E-state index in [0.717, 1.165) is 0 Å². The first kappa shape index (κ1) is 11.2. The van der Waals surface area contributed by atoms with E-state index in [4.69, 9.17) is 10.7 Å². The summed E-state index contributed by atoms with van der Waals surface area (Å²) in [5.74, 6) is -3.51. The molecule has 0 bridgehead atoms. The second-order valence-electron chi connectivity index (χ2n) is 3.52. The zero-order valence-electron chi connectivity index (χ0n) is 6.97. The van der Waals surface area contributed by atoms with Gasteiger partial charge in [0.05, 0.1) is 5.75 Å². The van der Waals surface area contributed by atoms with Crippen molar-refractivity contribution in [2.75, 3.05) is 5.75 Å². The molecule has 0 saturated heterocycles. The van der Waals surface area contributed by atoms with Crippen molar-refractivity contribution < 1.29 is 17.2 Å². The highest BCUT2D eigenvalue weighted by atomic mass is 35.7. The highest BCUT2D eigenvalue weighted by Gasteiger charge is 2.37. The van der Waals surface area contributed by atoms with Crippen LogP contribution < -0.4 is 0 Å². The predicted octanol–water partition coefficient (Wildman–Crippen LogP) is 2.38. The summed E-state index contributed by atoms with van der Waals surface area (Å²) < 4.78 is 46.8. The van der Waals surface area contributed by atoms with E-state index >= 15 is 0 Å². The van der Waals surface area contributed by atoms with Crippen LogP contribution in [0.25, 0.3) is 0 Å². The number of hydrogen-bond acceptors (Lipinski definition) is 2. The fourth-order valence-corrected chi connectivity index (χ4v) is 3.08. The van der Waals surface area contributed by atoms with Gasteiger partial charge in [-0.2, -0.15) is 0 Å². The molecule has 1 fully saturated rings. The summed E-state index contributed by atoms with van der Waals surface area (Å²) in [6.07, 6.45) is 0.427. The van der Waals surface area contributed by atoms with Gasteiger partial charge in [0.1, 0.15) is 0 Å². The Kier molecular flexibility index (Phi) is 3.17. The van der Waals surface area contributed by atoms with E-state index < -0.39 is 20.9 Å². The van der Waals surface area contributed by atoms with Gasteiger partial charge < -0.3 is 0 Å². The molecule has 78 valence electrons. The second kappa shape index (κ2) is 3.69. The Morgan fingerprint density at radius 1 is 1.46 bits per heavy atom. The third-order valence-electron chi connectivity index (χ3n) is 2.18. The van der Waals surface area contributed by atoms with E-state index in [1.807, 2.05) is 0 Å². The van der Waals surface area contributed by atoms with Gasteiger partial charge in [0.15, 0.2) is 0 Å². The van der Waals surface area contributed by atoms with Gasteiger partial charge in [-0.15, -0.1) is 0 Å². The molecule has 0 radical (unpaired) electrons. The molecule has 0 aromatic carbocycles. The summed E-state index contributed by atoms with van der Waals surface area (Å²) in [4.78, 5) is 0. The lowest BCUT2D eigenvalue weighted by atomic mass is 9.88. The predicted molar refractivity (Wildman–Crippen MR) is 46.5 cm³/mol. The van der Waals surface area contributed by atoms with E-state index in [0.29, 0.717) is 12.8 Å². The largest absolute Gasteiger partial charge is 0.248 e. The Balaban J connectivity index is 2.53. The van der Waals surface area contributed by atoms with Crippen LogP contribution in [0.1, 0.15) is 25.7 Å². The Bertz CT molecular complexity index is 276. The van der Waals surface area contributed by atoms with Crippen molar-refractivity contribution in [3.63, 3.8) is 0 Å². The number of hydrogen-bond donors (Lipinski definition) is 0. The van der Waals surface area contributed by atoms with Crippen LogP contribution in [0.3, 0.4) is 0 Å². The molecule has 1 aliphatic carbocycles. The highest BCUT2D eigenvalue weighted by Crippen LogP contribution is 2.37. The SMILES string of the molecule is O=S(=O)(Cl)CC1CCCC(F)(F)C1. The molecule has 0 amide bonds. The maximum absolute atomic E-state index is 12.8. The molecular weight excluding hydrogens is 222 g/mol. The molecule has 1 rings (SSSR count). The number of halogens is 3. The van der Waals surface area contributed by atoms with Crippen molar-refractivity contribution in [3.8, 4) is 0 Å². The summed E-state index contributed by atoms with van der Waals surface area (Å²) in [5, 5.41) is 0. The van der Waals surface area contributed by atoms with E-state index in [2.05, 4.69) is 0 Å². The van der Waals surface area contributed by atoms with Crippen LogP contribution in [0.2, 0.25) is 0 Å². The molecule has 0 aliphatic heterocycles. The molecule has 1 atom stereocenters. The lowest BCUT2D eigenvalue weighted by molar-refractivity contribution is -0.0488. The van der Waals surface area contributed by atoms with E-state index in [1.165, 1.54) is 0 Å². The third-order valence-corrected chi connectivity index (χ3v) is 3.42. The molecule has 13 heavy (non-hydrogen) atoms. The van der Waals surface area contributed by atoms with Crippen LogP contribution in [-0.2, 0) is 9.05 Å². The van der Waals surface area contributed by atoms with Crippen LogP contribution in [-0.4, -0.2) is 20.1 Å². The molecule has 1 aliphatic rings. The fourth-order valence-electron chi connectivity index (χ4n) is 1.70. The third kappa shape index (κ3) is 4.22. The van der Waals surface area contributed by atoms with Crippen LogP contribution in [0.4, 0.5) is 8.78 Å². The lowest BCUT2D eigenvalue weighted by Gasteiger charge is -2.27. The standard InChI is InChI=1S/C7H11ClF2O2S/c8-13(11,12)5-6-2-1-3-7(9,10)4-6/h6H,1-5H2. The lowest BCUT2D eigenvalue weighted by Crippen LogP contribution is -2.29. The van der Waals surface area contributed by atoms with Crippen molar-refractivity contribution >= 4 is 19.7 Å². The van der Waals surface area contributed by atoms with Gasteiger partial charge in [-0.3, -0.25) is 0 Å². The Labute approximate surface area is 80.7 Å². The van der Waals surface area contributed by atoms with Crippen molar-refractivity contribution in [1.29, 1.82) is 0 Å². The smallest absolute Gasteiger partial charge is 0.212 e. The molecule has 0 aromatic heterocycles. The molecule has 1 saturated carbocycles. The van der Waals surface area contributed by atoms with Crippen molar-refractivity contribution in [2.45, 2.75) is 31.6 Å². The molecule has 2 nitrogen and oxygen atoms in total. The van der Waals surface area contributed by atoms with Crippen LogP contribution >= 0.6 is 10.7 Å². The van der Waals surface area contributed by atoms with Gasteiger partial charge >= 0.3 is 0 Å². The first-order valence-electron chi connectivity index (χ1n) is 4.09. The average molecular weight is 233 g/mol. The maximum atomic E-state index is 12.8. The summed E-state index contributed by atoms with van der Waals surface area (Å²) in [5.41, 5.74) is 0. The Morgan fingerprint density at radius 2 is 2.08 bits per heavy atom. The molecule has 0 aromatic rings. The first-order valence-corrected chi connectivity index (χ1v) is 6.56. The maximum Gasteiger partial charge on any atom is 0.248 e. The monoisotopic (exact) mass is 232 g/mol. The zero-order valence-corrected chi connectivity index (χ0v) is 8.54.